The van der Waals surface area contributed by atoms with Crippen molar-refractivity contribution in [2.75, 3.05) is 23.5 Å². The number of anilines is 2. The summed E-state index contributed by atoms with van der Waals surface area (Å²) in [6.45, 7) is 1.46. The quantitative estimate of drug-likeness (QED) is 0.557. The van der Waals surface area contributed by atoms with Crippen molar-refractivity contribution >= 4 is 45.7 Å². The minimum atomic E-state index is -0.134. The molecule has 144 valence electrons. The van der Waals surface area contributed by atoms with E-state index in [2.05, 4.69) is 15.6 Å². The monoisotopic (exact) mass is 413 g/mol. The molecule has 0 aliphatic carbocycles. The summed E-state index contributed by atoms with van der Waals surface area (Å²) in [5.74, 6) is 0.773. The van der Waals surface area contributed by atoms with Gasteiger partial charge < -0.3 is 15.4 Å². The van der Waals surface area contributed by atoms with Gasteiger partial charge in [-0.05, 0) is 42.5 Å². The number of carbonyl (C=O) groups excluding carboxylic acids is 2. The zero-order valence-corrected chi connectivity index (χ0v) is 17.0. The van der Waals surface area contributed by atoms with Crippen LogP contribution in [-0.4, -0.2) is 29.7 Å². The minimum absolute atomic E-state index is 0.128. The van der Waals surface area contributed by atoms with Crippen LogP contribution in [0.2, 0.25) is 0 Å². The lowest BCUT2D eigenvalue weighted by Crippen LogP contribution is -2.13. The molecular weight excluding hydrogens is 394 g/mol. The van der Waals surface area contributed by atoms with E-state index in [4.69, 9.17) is 4.74 Å². The number of nitrogens with zero attached hydrogens (tertiary/aromatic N) is 1. The van der Waals surface area contributed by atoms with Gasteiger partial charge in [0.2, 0.25) is 11.8 Å². The molecule has 0 saturated carbocycles. The van der Waals surface area contributed by atoms with E-state index in [1.807, 2.05) is 53.9 Å². The van der Waals surface area contributed by atoms with Gasteiger partial charge in [0.15, 0.2) is 5.13 Å². The van der Waals surface area contributed by atoms with Gasteiger partial charge in [-0.1, -0.05) is 6.07 Å². The van der Waals surface area contributed by atoms with Gasteiger partial charge in [0.1, 0.15) is 5.75 Å². The maximum absolute atomic E-state index is 12.2. The number of amides is 2. The van der Waals surface area contributed by atoms with Crippen molar-refractivity contribution in [3.63, 3.8) is 0 Å². The molecule has 0 atom stereocenters. The number of ether oxygens (including phenoxy) is 1. The van der Waals surface area contributed by atoms with Gasteiger partial charge in [-0.25, -0.2) is 4.98 Å². The highest BCUT2D eigenvalue weighted by atomic mass is 32.2. The molecule has 0 bridgehead atoms. The summed E-state index contributed by atoms with van der Waals surface area (Å²) >= 11 is 2.78. The van der Waals surface area contributed by atoms with Gasteiger partial charge >= 0.3 is 0 Å². The highest BCUT2D eigenvalue weighted by molar-refractivity contribution is 8.00. The lowest BCUT2D eigenvalue weighted by atomic mass is 10.2. The Balaban J connectivity index is 1.55. The van der Waals surface area contributed by atoms with Gasteiger partial charge in [0.25, 0.3) is 0 Å². The molecule has 0 aliphatic heterocycles. The summed E-state index contributed by atoms with van der Waals surface area (Å²) in [4.78, 5) is 28.7. The number of hydrogen-bond donors (Lipinski definition) is 2. The second-order valence-corrected chi connectivity index (χ2v) is 7.72. The number of thiazole rings is 1. The third kappa shape index (κ3) is 5.58. The van der Waals surface area contributed by atoms with Crippen molar-refractivity contribution in [3.05, 3.63) is 53.9 Å². The number of benzene rings is 2. The number of aromatic nitrogens is 1. The Labute approximate surface area is 171 Å². The average Bonchev–Trinajstić information content (AvgIpc) is 3.14. The van der Waals surface area contributed by atoms with Crippen molar-refractivity contribution in [1.29, 1.82) is 0 Å². The van der Waals surface area contributed by atoms with Crippen LogP contribution in [0.3, 0.4) is 0 Å². The first-order chi connectivity index (χ1) is 13.5. The summed E-state index contributed by atoms with van der Waals surface area (Å²) in [5.41, 5.74) is 2.47. The van der Waals surface area contributed by atoms with E-state index in [1.54, 1.807) is 7.11 Å². The number of carbonyl (C=O) groups is 2. The fourth-order valence-electron chi connectivity index (χ4n) is 2.40. The van der Waals surface area contributed by atoms with Crippen LogP contribution in [0.1, 0.15) is 6.92 Å². The van der Waals surface area contributed by atoms with Crippen LogP contribution in [0.15, 0.2) is 58.8 Å². The maximum Gasteiger partial charge on any atom is 0.236 e. The van der Waals surface area contributed by atoms with E-state index < -0.39 is 0 Å². The van der Waals surface area contributed by atoms with Crippen LogP contribution in [-0.2, 0) is 9.59 Å². The molecule has 3 aromatic rings. The fraction of sp³-hybridized carbons (Fsp3) is 0.150. The van der Waals surface area contributed by atoms with Gasteiger partial charge in [0.05, 0.1) is 18.6 Å². The van der Waals surface area contributed by atoms with Crippen LogP contribution in [0.4, 0.5) is 10.8 Å². The molecule has 3 rings (SSSR count). The second kappa shape index (κ2) is 9.38. The molecule has 2 aromatic carbocycles. The molecule has 0 saturated heterocycles. The lowest BCUT2D eigenvalue weighted by molar-refractivity contribution is -0.114. The summed E-state index contributed by atoms with van der Waals surface area (Å²) in [6, 6.07) is 15.0. The Morgan fingerprint density at radius 1 is 1.14 bits per heavy atom. The Morgan fingerprint density at radius 3 is 2.64 bits per heavy atom. The molecule has 28 heavy (non-hydrogen) atoms. The normalized spacial score (nSPS) is 10.4. The Morgan fingerprint density at radius 2 is 1.93 bits per heavy atom. The maximum atomic E-state index is 12.2. The smallest absolute Gasteiger partial charge is 0.236 e. The average molecular weight is 414 g/mol. The topological polar surface area (TPSA) is 80.3 Å². The molecule has 1 aromatic heterocycles. The van der Waals surface area contributed by atoms with Crippen molar-refractivity contribution in [1.82, 2.24) is 4.98 Å². The van der Waals surface area contributed by atoms with E-state index in [0.717, 1.165) is 21.9 Å². The molecule has 2 N–H and O–H groups in total. The summed E-state index contributed by atoms with van der Waals surface area (Å²) in [5, 5.41) is 8.02. The third-order valence-electron chi connectivity index (χ3n) is 3.66. The highest BCUT2D eigenvalue weighted by Crippen LogP contribution is 2.27. The van der Waals surface area contributed by atoms with Gasteiger partial charge in [0, 0.05) is 28.5 Å². The Bertz CT molecular complexity index is 971. The van der Waals surface area contributed by atoms with Crippen LogP contribution in [0.25, 0.3) is 11.3 Å². The Kier molecular flexibility index (Phi) is 6.67. The van der Waals surface area contributed by atoms with Crippen LogP contribution < -0.4 is 15.4 Å². The molecule has 0 unspecified atom stereocenters. The van der Waals surface area contributed by atoms with Gasteiger partial charge in [-0.2, -0.15) is 0 Å². The number of methoxy groups -OCH3 is 1. The second-order valence-electron chi connectivity index (χ2n) is 5.81. The van der Waals surface area contributed by atoms with E-state index in [0.29, 0.717) is 10.8 Å². The summed E-state index contributed by atoms with van der Waals surface area (Å²) in [7, 11) is 1.62. The molecule has 1 heterocycles. The molecule has 0 spiro atoms. The summed E-state index contributed by atoms with van der Waals surface area (Å²) < 4.78 is 5.15. The first kappa shape index (κ1) is 19.9. The van der Waals surface area contributed by atoms with Crippen molar-refractivity contribution < 1.29 is 14.3 Å². The largest absolute Gasteiger partial charge is 0.497 e. The van der Waals surface area contributed by atoms with Crippen molar-refractivity contribution in [2.24, 2.45) is 0 Å². The first-order valence-corrected chi connectivity index (χ1v) is 10.3. The zero-order chi connectivity index (χ0) is 19.9. The SMILES string of the molecule is COc1ccc(-c2csc(NC(=O)CSc3cccc(NC(C)=O)c3)n2)cc1. The van der Waals surface area contributed by atoms with Crippen molar-refractivity contribution in [2.45, 2.75) is 11.8 Å². The molecule has 8 heteroatoms. The predicted octanol–water partition coefficient (Wildman–Crippen LogP) is 4.51. The number of hydrogen-bond acceptors (Lipinski definition) is 6. The van der Waals surface area contributed by atoms with Crippen molar-refractivity contribution in [3.8, 4) is 17.0 Å². The highest BCUT2D eigenvalue weighted by Gasteiger charge is 2.09. The van der Waals surface area contributed by atoms with Crippen LogP contribution in [0.5, 0.6) is 5.75 Å². The van der Waals surface area contributed by atoms with Gasteiger partial charge in [-0.15, -0.1) is 23.1 Å². The van der Waals surface area contributed by atoms with E-state index in [-0.39, 0.29) is 17.6 Å². The van der Waals surface area contributed by atoms with Crippen LogP contribution in [0, 0.1) is 0 Å². The number of nitrogens with one attached hydrogen (secondary N) is 2. The fourth-order valence-corrected chi connectivity index (χ4v) is 3.89. The van der Waals surface area contributed by atoms with E-state index in [9.17, 15) is 9.59 Å². The molecule has 0 aliphatic rings. The molecule has 0 radical (unpaired) electrons. The number of rotatable bonds is 7. The van der Waals surface area contributed by atoms with E-state index >= 15 is 0 Å². The zero-order valence-electron chi connectivity index (χ0n) is 15.4. The van der Waals surface area contributed by atoms with Gasteiger partial charge in [-0.3, -0.25) is 9.59 Å². The predicted molar refractivity (Wildman–Crippen MR) is 114 cm³/mol. The van der Waals surface area contributed by atoms with E-state index in [1.165, 1.54) is 30.0 Å². The molecule has 2 amide bonds. The minimum Gasteiger partial charge on any atom is -0.497 e. The lowest BCUT2D eigenvalue weighted by Gasteiger charge is -2.05. The third-order valence-corrected chi connectivity index (χ3v) is 5.41. The Hall–Kier alpha value is -2.84. The standard InChI is InChI=1S/C20H19N3O3S2/c1-13(24)21-15-4-3-5-17(10-15)27-12-19(25)23-20-22-18(11-28-20)14-6-8-16(26-2)9-7-14/h3-11H,12H2,1-2H3,(H,21,24)(H,22,23,25). The number of thioether (sulfide) groups is 1. The molecule has 6 nitrogen and oxygen atoms in total. The summed E-state index contributed by atoms with van der Waals surface area (Å²) in [6.07, 6.45) is 0. The van der Waals surface area contributed by atoms with Crippen LogP contribution >= 0.6 is 23.1 Å². The first-order valence-electron chi connectivity index (χ1n) is 8.44. The molecule has 0 fully saturated rings. The molecular formula is C20H19N3O3S2.